The number of nitriles is 1. The van der Waals surface area contributed by atoms with Crippen molar-refractivity contribution in [1.29, 1.82) is 5.26 Å². The lowest BCUT2D eigenvalue weighted by molar-refractivity contribution is -0.147. The van der Waals surface area contributed by atoms with Crippen molar-refractivity contribution in [2.45, 2.75) is 24.4 Å². The lowest BCUT2D eigenvalue weighted by Crippen LogP contribution is -2.59. The number of thiophene rings is 2. The van der Waals surface area contributed by atoms with Gasteiger partial charge in [0.15, 0.2) is 35.0 Å². The van der Waals surface area contributed by atoms with E-state index in [0.29, 0.717) is 11.3 Å². The molecule has 2 amide bonds. The summed E-state index contributed by atoms with van der Waals surface area (Å²) in [4.78, 5) is 59.5. The second-order valence-electron chi connectivity index (χ2n) is 11.8. The first-order chi connectivity index (χ1) is 26.7. The Hall–Kier alpha value is -6.31. The molecule has 0 spiro atoms. The van der Waals surface area contributed by atoms with Crippen LogP contribution in [0, 0.1) is 11.3 Å². The number of fused-ring (bicyclic) bond motifs is 2. The van der Waals surface area contributed by atoms with Gasteiger partial charge >= 0.3 is 24.3 Å². The monoisotopic (exact) mass is 893 g/mol. The van der Waals surface area contributed by atoms with Gasteiger partial charge in [-0.1, -0.05) is 24.3 Å². The Morgan fingerprint density at radius 1 is 0.702 bits per heavy atom. The second kappa shape index (κ2) is 15.0. The maximum Gasteiger partial charge on any atom is 0.416 e. The minimum Gasteiger partial charge on any atom is -0.504 e. The van der Waals surface area contributed by atoms with Gasteiger partial charge in [0.2, 0.25) is 0 Å². The molecule has 22 heteroatoms. The third-order valence-electron chi connectivity index (χ3n) is 8.18. The average Bonchev–Trinajstić information content (AvgIpc) is 3.81. The summed E-state index contributed by atoms with van der Waals surface area (Å²) >= 11 is 4.54. The number of nitrogens with one attached hydrogen (secondary N) is 2. The van der Waals surface area contributed by atoms with Crippen LogP contribution in [0.15, 0.2) is 65.3 Å². The first kappa shape index (κ1) is 40.4. The third kappa shape index (κ3) is 7.89. The minimum atomic E-state index is -4.69. The molecule has 0 radical (unpaired) electrons. The van der Waals surface area contributed by atoms with Crippen LogP contribution in [0.25, 0.3) is 41.1 Å². The topological polar surface area (TPSA) is 223 Å². The van der Waals surface area contributed by atoms with E-state index in [2.05, 4.69) is 25.9 Å². The fourth-order valence-electron chi connectivity index (χ4n) is 5.49. The van der Waals surface area contributed by atoms with Crippen LogP contribution in [0.3, 0.4) is 0 Å². The van der Waals surface area contributed by atoms with Crippen molar-refractivity contribution in [2.24, 2.45) is 0 Å². The molecule has 4 heterocycles. The van der Waals surface area contributed by atoms with Gasteiger partial charge in [-0.25, -0.2) is 19.6 Å². The van der Waals surface area contributed by atoms with E-state index in [1.165, 1.54) is 30.3 Å². The minimum absolute atomic E-state index is 0.0354. The van der Waals surface area contributed by atoms with Gasteiger partial charge in [-0.05, 0) is 63.5 Å². The van der Waals surface area contributed by atoms with E-state index in [1.807, 2.05) is 10.6 Å². The number of halogens is 7. The van der Waals surface area contributed by atoms with Gasteiger partial charge in [-0.15, -0.1) is 22.7 Å². The average molecular weight is 895 g/mol. The van der Waals surface area contributed by atoms with Gasteiger partial charge in [0.25, 0.3) is 11.8 Å². The fourth-order valence-corrected chi connectivity index (χ4v) is 8.31. The molecule has 6 N–H and O–H groups in total. The number of alkyl halides is 6. The third-order valence-corrected chi connectivity index (χ3v) is 11.2. The molecule has 2 aromatic carbocycles. The first-order valence-corrected chi connectivity index (χ1v) is 17.9. The number of benzene rings is 2. The standard InChI is InChI=1S/C35H18BrF6N5O8S2/c36-29-17-10-20(13-4-2-6-15(8-13)35(40,41)42)57-28(17)26(49)24(45-29)31(51)47-22(33(54)55)21(32(52)53)46-30(50)23-25(48)27-16(18(11-43)44-23)9-19(56-27)12-3-1-5-14(7-12)34(37,38)39/h1-10,21-22,48-49H,(H,46,50)(H,47,51)(H,52,53)(H,54,55). The lowest BCUT2D eigenvalue weighted by Gasteiger charge is -2.22. The van der Waals surface area contributed by atoms with Crippen molar-refractivity contribution in [2.75, 3.05) is 0 Å². The van der Waals surface area contributed by atoms with E-state index < -0.39 is 87.9 Å². The van der Waals surface area contributed by atoms with Crippen molar-refractivity contribution < 1.29 is 65.9 Å². The number of aromatic nitrogens is 2. The molecule has 57 heavy (non-hydrogen) atoms. The number of rotatable bonds is 9. The quantitative estimate of drug-likeness (QED) is 0.0620. The molecule has 0 aliphatic rings. The molecule has 0 saturated heterocycles. The molecule has 0 fully saturated rings. The van der Waals surface area contributed by atoms with Crippen LogP contribution in [0.1, 0.15) is 37.8 Å². The van der Waals surface area contributed by atoms with Gasteiger partial charge < -0.3 is 31.1 Å². The normalized spacial score (nSPS) is 12.9. The molecule has 292 valence electrons. The van der Waals surface area contributed by atoms with Crippen LogP contribution in [-0.2, 0) is 21.9 Å². The van der Waals surface area contributed by atoms with Crippen LogP contribution in [0.4, 0.5) is 26.3 Å². The Labute approximate surface area is 329 Å². The number of aliphatic carboxylic acids is 2. The second-order valence-corrected chi connectivity index (χ2v) is 14.7. The highest BCUT2D eigenvalue weighted by Crippen LogP contribution is 2.44. The van der Waals surface area contributed by atoms with Crippen molar-refractivity contribution in [3.63, 3.8) is 0 Å². The summed E-state index contributed by atoms with van der Waals surface area (Å²) in [5.41, 5.74) is -4.13. The van der Waals surface area contributed by atoms with E-state index >= 15 is 0 Å². The number of carboxylic acid groups (broad SMARTS) is 2. The summed E-state index contributed by atoms with van der Waals surface area (Å²) in [6, 6.07) is 7.63. The van der Waals surface area contributed by atoms with Gasteiger partial charge in [-0.3, -0.25) is 9.59 Å². The summed E-state index contributed by atoms with van der Waals surface area (Å²) in [5.74, 6) is -8.84. The Morgan fingerprint density at radius 2 is 1.12 bits per heavy atom. The van der Waals surface area contributed by atoms with Crippen molar-refractivity contribution in [3.8, 4) is 38.4 Å². The summed E-state index contributed by atoms with van der Waals surface area (Å²) in [5, 5.41) is 55.5. The number of pyridine rings is 2. The number of carbonyl (C=O) groups excluding carboxylic acids is 2. The van der Waals surface area contributed by atoms with Crippen LogP contribution >= 0.6 is 38.6 Å². The maximum atomic E-state index is 13.4. The Kier molecular flexibility index (Phi) is 10.6. The van der Waals surface area contributed by atoms with Gasteiger partial charge in [0.1, 0.15) is 16.4 Å². The smallest absolute Gasteiger partial charge is 0.416 e. The Balaban J connectivity index is 1.30. The molecule has 0 aliphatic carbocycles. The number of carboxylic acids is 2. The van der Waals surface area contributed by atoms with Gasteiger partial charge in [-0.2, -0.15) is 31.6 Å². The zero-order chi connectivity index (χ0) is 41.7. The zero-order valence-corrected chi connectivity index (χ0v) is 30.9. The lowest BCUT2D eigenvalue weighted by atomic mass is 10.1. The molecule has 4 aromatic heterocycles. The van der Waals surface area contributed by atoms with Crippen molar-refractivity contribution in [3.05, 3.63) is 93.5 Å². The van der Waals surface area contributed by atoms with E-state index in [-0.39, 0.29) is 45.7 Å². The van der Waals surface area contributed by atoms with E-state index in [0.717, 1.165) is 41.7 Å². The highest BCUT2D eigenvalue weighted by molar-refractivity contribution is 9.10. The fraction of sp³-hybridized carbons (Fsp3) is 0.114. The number of amides is 2. The zero-order valence-electron chi connectivity index (χ0n) is 27.7. The predicted octanol–water partition coefficient (Wildman–Crippen LogP) is 7.39. The largest absolute Gasteiger partial charge is 0.504 e. The molecule has 13 nitrogen and oxygen atoms in total. The van der Waals surface area contributed by atoms with Crippen LogP contribution in [0.5, 0.6) is 11.5 Å². The number of aromatic hydroxyl groups is 2. The molecule has 0 saturated carbocycles. The number of hydrogen-bond donors (Lipinski definition) is 6. The number of carbonyl (C=O) groups is 4. The summed E-state index contributed by atoms with van der Waals surface area (Å²) < 4.78 is 79.6. The highest BCUT2D eigenvalue weighted by atomic mass is 79.9. The Bertz CT molecular complexity index is 2710. The Morgan fingerprint density at radius 3 is 1.54 bits per heavy atom. The SMILES string of the molecule is N#Cc1nc(C(=O)NC(C(=O)O)C(NC(=O)c2nc(Br)c3cc(-c4cccc(C(F)(F)F)c4)sc3c2O)C(=O)O)c(O)c2sc(-c3cccc(C(F)(F)F)c3)cc12. The maximum absolute atomic E-state index is 13.4. The summed E-state index contributed by atoms with van der Waals surface area (Å²) in [7, 11) is 0. The van der Waals surface area contributed by atoms with Crippen LogP contribution in [0.2, 0.25) is 0 Å². The first-order valence-electron chi connectivity index (χ1n) is 15.5. The van der Waals surface area contributed by atoms with Gasteiger partial charge in [0, 0.05) is 20.5 Å². The van der Waals surface area contributed by atoms with Crippen molar-refractivity contribution in [1.82, 2.24) is 20.6 Å². The number of nitrogens with zero attached hydrogens (tertiary/aromatic N) is 3. The molecular formula is C35H18BrF6N5O8S2. The molecule has 0 bridgehead atoms. The van der Waals surface area contributed by atoms with Crippen molar-refractivity contribution >= 4 is 82.5 Å². The molecule has 6 rings (SSSR count). The molecule has 2 atom stereocenters. The molecule has 6 aromatic rings. The van der Waals surface area contributed by atoms with E-state index in [1.54, 1.807) is 6.07 Å². The number of hydrogen-bond acceptors (Lipinski definition) is 11. The molecule has 0 aliphatic heterocycles. The van der Waals surface area contributed by atoms with Gasteiger partial charge in [0.05, 0.1) is 20.5 Å². The highest BCUT2D eigenvalue weighted by Gasteiger charge is 2.39. The van der Waals surface area contributed by atoms with Crippen LogP contribution < -0.4 is 10.6 Å². The summed E-state index contributed by atoms with van der Waals surface area (Å²) in [6.07, 6.45) is -9.35. The molecule has 2 unspecified atom stereocenters. The van der Waals surface area contributed by atoms with E-state index in [4.69, 9.17) is 0 Å². The van der Waals surface area contributed by atoms with E-state index in [9.17, 15) is 71.2 Å². The summed E-state index contributed by atoms with van der Waals surface area (Å²) in [6.45, 7) is 0. The van der Waals surface area contributed by atoms with Crippen LogP contribution in [-0.4, -0.2) is 66.2 Å². The molecular weight excluding hydrogens is 876 g/mol. The predicted molar refractivity (Wildman–Crippen MR) is 194 cm³/mol.